The lowest BCUT2D eigenvalue weighted by Gasteiger charge is -2.07. The van der Waals surface area contributed by atoms with E-state index in [1.807, 2.05) is 0 Å². The van der Waals surface area contributed by atoms with Crippen LogP contribution < -0.4 is 0 Å². The van der Waals surface area contributed by atoms with Gasteiger partial charge in [0.25, 0.3) is 0 Å². The van der Waals surface area contributed by atoms with Gasteiger partial charge in [0, 0.05) is 6.42 Å². The van der Waals surface area contributed by atoms with Gasteiger partial charge in [-0.05, 0) is 49.4 Å². The topological polar surface area (TPSA) is 0 Å². The molecule has 0 radical (unpaired) electrons. The molecule has 0 nitrogen and oxygen atoms in total. The van der Waals surface area contributed by atoms with Gasteiger partial charge in [-0.3, -0.25) is 0 Å². The SMILES string of the molecule is C#CCCc1cc(C)c(C)c(C)c1. The van der Waals surface area contributed by atoms with E-state index in [2.05, 4.69) is 38.8 Å². The molecule has 0 heterocycles. The summed E-state index contributed by atoms with van der Waals surface area (Å²) in [6, 6.07) is 4.47. The van der Waals surface area contributed by atoms with Crippen LogP contribution in [0, 0.1) is 33.1 Å². The third-order valence-electron chi connectivity index (χ3n) is 2.54. The highest BCUT2D eigenvalue weighted by Gasteiger charge is 1.99. The fourth-order valence-electron chi connectivity index (χ4n) is 1.49. The standard InChI is InChI=1S/C13H16/c1-5-6-7-13-8-10(2)12(4)11(3)9-13/h1,8-9H,6-7H2,2-4H3. The highest BCUT2D eigenvalue weighted by atomic mass is 14.0. The van der Waals surface area contributed by atoms with Crippen molar-refractivity contribution in [2.75, 3.05) is 0 Å². The molecular weight excluding hydrogens is 156 g/mol. The molecule has 0 saturated carbocycles. The zero-order valence-corrected chi connectivity index (χ0v) is 8.65. The van der Waals surface area contributed by atoms with E-state index in [4.69, 9.17) is 6.42 Å². The van der Waals surface area contributed by atoms with Crippen molar-refractivity contribution >= 4 is 0 Å². The maximum atomic E-state index is 5.23. The van der Waals surface area contributed by atoms with Gasteiger partial charge in [-0.1, -0.05) is 12.1 Å². The third kappa shape index (κ3) is 2.36. The van der Waals surface area contributed by atoms with Gasteiger partial charge in [0.2, 0.25) is 0 Å². The minimum Gasteiger partial charge on any atom is -0.120 e. The Morgan fingerprint density at radius 2 is 1.69 bits per heavy atom. The second-order valence-corrected chi connectivity index (χ2v) is 3.56. The monoisotopic (exact) mass is 172 g/mol. The third-order valence-corrected chi connectivity index (χ3v) is 2.54. The van der Waals surface area contributed by atoms with E-state index in [0.29, 0.717) is 0 Å². The Morgan fingerprint density at radius 1 is 1.15 bits per heavy atom. The van der Waals surface area contributed by atoms with E-state index < -0.39 is 0 Å². The van der Waals surface area contributed by atoms with Gasteiger partial charge in [0.05, 0.1) is 0 Å². The van der Waals surface area contributed by atoms with E-state index in [1.165, 1.54) is 22.3 Å². The number of rotatable bonds is 2. The molecule has 0 unspecified atom stereocenters. The summed E-state index contributed by atoms with van der Waals surface area (Å²) in [7, 11) is 0. The first-order valence-corrected chi connectivity index (χ1v) is 4.65. The van der Waals surface area contributed by atoms with Crippen molar-refractivity contribution in [2.24, 2.45) is 0 Å². The van der Waals surface area contributed by atoms with Gasteiger partial charge in [0.15, 0.2) is 0 Å². The Labute approximate surface area is 81.0 Å². The molecule has 0 N–H and O–H groups in total. The summed E-state index contributed by atoms with van der Waals surface area (Å²) in [5, 5.41) is 0. The average Bonchev–Trinajstić information content (AvgIpc) is 2.10. The van der Waals surface area contributed by atoms with Crippen LogP contribution >= 0.6 is 0 Å². The van der Waals surface area contributed by atoms with Gasteiger partial charge in [-0.2, -0.15) is 0 Å². The van der Waals surface area contributed by atoms with E-state index in [0.717, 1.165) is 12.8 Å². The molecule has 0 amide bonds. The molecule has 0 aromatic heterocycles. The molecule has 68 valence electrons. The van der Waals surface area contributed by atoms with Crippen LogP contribution in [0.15, 0.2) is 12.1 Å². The molecule has 0 aliphatic heterocycles. The normalized spacial score (nSPS) is 9.69. The molecule has 0 bridgehead atoms. The number of terminal acetylenes is 1. The van der Waals surface area contributed by atoms with E-state index in [9.17, 15) is 0 Å². The molecule has 0 saturated heterocycles. The van der Waals surface area contributed by atoms with Gasteiger partial charge in [-0.15, -0.1) is 12.3 Å². The van der Waals surface area contributed by atoms with E-state index >= 15 is 0 Å². The second kappa shape index (κ2) is 4.14. The van der Waals surface area contributed by atoms with Crippen molar-refractivity contribution in [2.45, 2.75) is 33.6 Å². The largest absolute Gasteiger partial charge is 0.120 e. The van der Waals surface area contributed by atoms with Crippen LogP contribution in [0.4, 0.5) is 0 Å². The zero-order chi connectivity index (χ0) is 9.84. The minimum absolute atomic E-state index is 0.835. The smallest absolute Gasteiger partial charge is 0.0127 e. The molecule has 0 atom stereocenters. The van der Waals surface area contributed by atoms with Crippen molar-refractivity contribution in [3.63, 3.8) is 0 Å². The lowest BCUT2D eigenvalue weighted by molar-refractivity contribution is 1.02. The first-order chi connectivity index (χ1) is 6.15. The van der Waals surface area contributed by atoms with Crippen LogP contribution in [-0.4, -0.2) is 0 Å². The maximum absolute atomic E-state index is 5.23. The van der Waals surface area contributed by atoms with Crippen molar-refractivity contribution in [1.82, 2.24) is 0 Å². The highest BCUT2D eigenvalue weighted by molar-refractivity contribution is 5.37. The van der Waals surface area contributed by atoms with Crippen molar-refractivity contribution in [3.8, 4) is 12.3 Å². The Balaban J connectivity index is 2.94. The first kappa shape index (κ1) is 9.86. The molecule has 1 rings (SSSR count). The molecule has 0 spiro atoms. The van der Waals surface area contributed by atoms with E-state index in [1.54, 1.807) is 0 Å². The van der Waals surface area contributed by atoms with Crippen molar-refractivity contribution in [3.05, 3.63) is 34.4 Å². The molecule has 0 aliphatic carbocycles. The van der Waals surface area contributed by atoms with Crippen LogP contribution in [0.3, 0.4) is 0 Å². The quantitative estimate of drug-likeness (QED) is 0.601. The molecule has 1 aromatic rings. The predicted molar refractivity (Wildman–Crippen MR) is 57.8 cm³/mol. The molecule has 0 fully saturated rings. The average molecular weight is 172 g/mol. The molecule has 13 heavy (non-hydrogen) atoms. The molecule has 0 aliphatic rings. The van der Waals surface area contributed by atoms with Crippen LogP contribution in [0.1, 0.15) is 28.7 Å². The van der Waals surface area contributed by atoms with Crippen LogP contribution in [0.5, 0.6) is 0 Å². The van der Waals surface area contributed by atoms with E-state index in [-0.39, 0.29) is 0 Å². The maximum Gasteiger partial charge on any atom is 0.0127 e. The van der Waals surface area contributed by atoms with Crippen molar-refractivity contribution in [1.29, 1.82) is 0 Å². The van der Waals surface area contributed by atoms with Crippen molar-refractivity contribution < 1.29 is 0 Å². The summed E-state index contributed by atoms with van der Waals surface area (Å²) in [5.74, 6) is 2.67. The van der Waals surface area contributed by atoms with Gasteiger partial charge in [-0.25, -0.2) is 0 Å². The summed E-state index contributed by atoms with van der Waals surface area (Å²) >= 11 is 0. The zero-order valence-electron chi connectivity index (χ0n) is 8.65. The Kier molecular flexibility index (Phi) is 3.14. The number of benzene rings is 1. The lowest BCUT2D eigenvalue weighted by Crippen LogP contribution is -1.91. The van der Waals surface area contributed by atoms with Crippen LogP contribution in [0.2, 0.25) is 0 Å². The number of hydrogen-bond donors (Lipinski definition) is 0. The fraction of sp³-hybridized carbons (Fsp3) is 0.385. The first-order valence-electron chi connectivity index (χ1n) is 4.65. The Hall–Kier alpha value is -1.22. The number of hydrogen-bond acceptors (Lipinski definition) is 0. The van der Waals surface area contributed by atoms with Crippen LogP contribution in [0.25, 0.3) is 0 Å². The van der Waals surface area contributed by atoms with Gasteiger partial charge < -0.3 is 0 Å². The molecule has 1 aromatic carbocycles. The minimum atomic E-state index is 0.835. The van der Waals surface area contributed by atoms with Gasteiger partial charge in [0.1, 0.15) is 0 Å². The van der Waals surface area contributed by atoms with Crippen LogP contribution in [-0.2, 0) is 6.42 Å². The predicted octanol–water partition coefficient (Wildman–Crippen LogP) is 3.18. The summed E-state index contributed by atoms with van der Waals surface area (Å²) in [4.78, 5) is 0. The Morgan fingerprint density at radius 3 is 2.15 bits per heavy atom. The highest BCUT2D eigenvalue weighted by Crippen LogP contribution is 2.16. The number of aryl methyl sites for hydroxylation is 3. The lowest BCUT2D eigenvalue weighted by atomic mass is 9.98. The fourth-order valence-corrected chi connectivity index (χ4v) is 1.49. The molecule has 0 heteroatoms. The summed E-state index contributed by atoms with van der Waals surface area (Å²) in [5.41, 5.74) is 5.49. The molecular formula is C13H16. The summed E-state index contributed by atoms with van der Waals surface area (Å²) in [6.45, 7) is 6.47. The summed E-state index contributed by atoms with van der Waals surface area (Å²) in [6.07, 6.45) is 7.07. The Bertz CT molecular complexity index is 317. The second-order valence-electron chi connectivity index (χ2n) is 3.56. The van der Waals surface area contributed by atoms with Gasteiger partial charge >= 0.3 is 0 Å². The summed E-state index contributed by atoms with van der Waals surface area (Å²) < 4.78 is 0.